The quantitative estimate of drug-likeness (QED) is 0.768. The van der Waals surface area contributed by atoms with Crippen molar-refractivity contribution < 1.29 is 9.18 Å². The minimum atomic E-state index is -0.631. The number of carbonyl (C=O) groups excluding carboxylic acids is 1. The molecule has 1 aromatic heterocycles. The summed E-state index contributed by atoms with van der Waals surface area (Å²) in [6.45, 7) is 0.988. The third-order valence-electron chi connectivity index (χ3n) is 3.56. The van der Waals surface area contributed by atoms with Crippen LogP contribution in [-0.4, -0.2) is 15.5 Å². The first kappa shape index (κ1) is 16.2. The summed E-state index contributed by atoms with van der Waals surface area (Å²) < 4.78 is 15.7. The summed E-state index contributed by atoms with van der Waals surface area (Å²) in [6.07, 6.45) is 5.35. The molecule has 0 saturated heterocycles. The van der Waals surface area contributed by atoms with Gasteiger partial charge in [-0.2, -0.15) is 0 Å². The maximum absolute atomic E-state index is 13.7. The van der Waals surface area contributed by atoms with Crippen molar-refractivity contribution in [1.29, 1.82) is 0 Å². The minimum Gasteiger partial charge on any atom is -0.348 e. The normalized spacial score (nSPS) is 10.6. The van der Waals surface area contributed by atoms with E-state index in [1.807, 2.05) is 35.0 Å². The fourth-order valence-corrected chi connectivity index (χ4v) is 2.66. The highest BCUT2D eigenvalue weighted by Gasteiger charge is 2.15. The van der Waals surface area contributed by atoms with Gasteiger partial charge in [0, 0.05) is 25.5 Å². The summed E-state index contributed by atoms with van der Waals surface area (Å²) in [5.74, 6) is -1.16. The summed E-state index contributed by atoms with van der Waals surface area (Å²) in [4.78, 5) is 16.2. The van der Waals surface area contributed by atoms with Gasteiger partial charge in [0.1, 0.15) is 5.82 Å². The van der Waals surface area contributed by atoms with Crippen molar-refractivity contribution in [2.24, 2.45) is 0 Å². The molecule has 24 heavy (non-hydrogen) atoms. The van der Waals surface area contributed by atoms with Crippen LogP contribution in [0.4, 0.5) is 4.39 Å². The van der Waals surface area contributed by atoms with Crippen LogP contribution >= 0.6 is 11.6 Å². The molecule has 0 spiro atoms. The summed E-state index contributed by atoms with van der Waals surface area (Å²) in [6, 6.07) is 12.0. The topological polar surface area (TPSA) is 46.9 Å². The van der Waals surface area contributed by atoms with Crippen molar-refractivity contribution in [3.63, 3.8) is 0 Å². The Morgan fingerprint density at radius 1 is 1.21 bits per heavy atom. The van der Waals surface area contributed by atoms with Gasteiger partial charge in [-0.15, -0.1) is 0 Å². The van der Waals surface area contributed by atoms with Crippen molar-refractivity contribution in [2.75, 3.05) is 0 Å². The molecule has 0 aliphatic heterocycles. The first-order valence-electron chi connectivity index (χ1n) is 7.39. The molecule has 0 radical (unpaired) electrons. The van der Waals surface area contributed by atoms with E-state index in [1.54, 1.807) is 12.5 Å². The Balaban J connectivity index is 1.67. The van der Waals surface area contributed by atoms with Gasteiger partial charge in [0.2, 0.25) is 0 Å². The molecule has 6 heteroatoms. The molecule has 0 saturated carbocycles. The molecular formula is C18H15ClFN3O. The molecular weight excluding hydrogens is 329 g/mol. The lowest BCUT2D eigenvalue weighted by atomic mass is 10.1. The number of rotatable bonds is 5. The van der Waals surface area contributed by atoms with Crippen LogP contribution in [0, 0.1) is 5.82 Å². The van der Waals surface area contributed by atoms with E-state index in [0.29, 0.717) is 13.1 Å². The molecule has 4 nitrogen and oxygen atoms in total. The highest BCUT2D eigenvalue weighted by molar-refractivity contribution is 6.33. The van der Waals surface area contributed by atoms with Crippen LogP contribution in [0.15, 0.2) is 61.2 Å². The second-order valence-corrected chi connectivity index (χ2v) is 5.74. The fraction of sp³-hybridized carbons (Fsp3) is 0.111. The van der Waals surface area contributed by atoms with Crippen molar-refractivity contribution in [1.82, 2.24) is 14.9 Å². The lowest BCUT2D eigenvalue weighted by molar-refractivity contribution is 0.0947. The largest absolute Gasteiger partial charge is 0.348 e. The second kappa shape index (κ2) is 7.27. The molecule has 0 atom stereocenters. The zero-order chi connectivity index (χ0) is 16.9. The number of benzene rings is 2. The van der Waals surface area contributed by atoms with E-state index in [1.165, 1.54) is 18.2 Å². The smallest absolute Gasteiger partial charge is 0.256 e. The number of halogens is 2. The zero-order valence-corrected chi connectivity index (χ0v) is 13.5. The monoisotopic (exact) mass is 343 g/mol. The first-order valence-corrected chi connectivity index (χ1v) is 7.77. The molecule has 1 heterocycles. The number of hydrogen-bond acceptors (Lipinski definition) is 2. The Kier molecular flexibility index (Phi) is 4.91. The van der Waals surface area contributed by atoms with Crippen LogP contribution in [0.1, 0.15) is 21.5 Å². The van der Waals surface area contributed by atoms with Crippen LogP contribution in [-0.2, 0) is 13.1 Å². The Morgan fingerprint density at radius 2 is 2.00 bits per heavy atom. The van der Waals surface area contributed by atoms with Gasteiger partial charge < -0.3 is 9.88 Å². The van der Waals surface area contributed by atoms with Gasteiger partial charge in [-0.05, 0) is 23.3 Å². The SMILES string of the molecule is O=C(NCc1cccc(Cn2ccnc2)c1)c1c(F)cccc1Cl. The predicted octanol–water partition coefficient (Wildman–Crippen LogP) is 3.65. The molecule has 122 valence electrons. The van der Waals surface area contributed by atoms with Gasteiger partial charge in [0.25, 0.3) is 5.91 Å². The van der Waals surface area contributed by atoms with E-state index in [2.05, 4.69) is 10.3 Å². The van der Waals surface area contributed by atoms with Gasteiger partial charge >= 0.3 is 0 Å². The number of hydrogen-bond donors (Lipinski definition) is 1. The number of imidazole rings is 1. The number of nitrogens with one attached hydrogen (secondary N) is 1. The second-order valence-electron chi connectivity index (χ2n) is 5.33. The van der Waals surface area contributed by atoms with E-state index in [9.17, 15) is 9.18 Å². The lowest BCUT2D eigenvalue weighted by Crippen LogP contribution is -2.24. The molecule has 0 fully saturated rings. The van der Waals surface area contributed by atoms with Crippen molar-refractivity contribution in [2.45, 2.75) is 13.1 Å². The molecule has 0 bridgehead atoms. The van der Waals surface area contributed by atoms with E-state index >= 15 is 0 Å². The van der Waals surface area contributed by atoms with Crippen molar-refractivity contribution in [3.8, 4) is 0 Å². The lowest BCUT2D eigenvalue weighted by Gasteiger charge is -2.09. The summed E-state index contributed by atoms with van der Waals surface area (Å²) in [5.41, 5.74) is 1.88. The molecule has 0 aliphatic rings. The van der Waals surface area contributed by atoms with Crippen molar-refractivity contribution >= 4 is 17.5 Å². The zero-order valence-electron chi connectivity index (χ0n) is 12.7. The summed E-state index contributed by atoms with van der Waals surface area (Å²) >= 11 is 5.90. The molecule has 0 aliphatic carbocycles. The number of amides is 1. The van der Waals surface area contributed by atoms with E-state index in [0.717, 1.165) is 11.1 Å². The highest BCUT2D eigenvalue weighted by Crippen LogP contribution is 2.18. The van der Waals surface area contributed by atoms with Gasteiger partial charge in [-0.3, -0.25) is 4.79 Å². The van der Waals surface area contributed by atoms with Gasteiger partial charge in [0.15, 0.2) is 0 Å². The van der Waals surface area contributed by atoms with E-state index in [-0.39, 0.29) is 10.6 Å². The third kappa shape index (κ3) is 3.81. The molecule has 1 amide bonds. The Hall–Kier alpha value is -2.66. The summed E-state index contributed by atoms with van der Waals surface area (Å²) in [7, 11) is 0. The van der Waals surface area contributed by atoms with E-state index in [4.69, 9.17) is 11.6 Å². The van der Waals surface area contributed by atoms with Crippen LogP contribution in [0.2, 0.25) is 5.02 Å². The molecule has 1 N–H and O–H groups in total. The molecule has 2 aromatic carbocycles. The van der Waals surface area contributed by atoms with Gasteiger partial charge in [0.05, 0.1) is 16.9 Å². The van der Waals surface area contributed by atoms with Gasteiger partial charge in [-0.1, -0.05) is 41.9 Å². The van der Waals surface area contributed by atoms with Gasteiger partial charge in [-0.25, -0.2) is 9.37 Å². The van der Waals surface area contributed by atoms with Crippen molar-refractivity contribution in [3.05, 3.63) is 88.7 Å². The average molecular weight is 344 g/mol. The van der Waals surface area contributed by atoms with Crippen LogP contribution in [0.25, 0.3) is 0 Å². The first-order chi connectivity index (χ1) is 11.6. The Morgan fingerprint density at radius 3 is 2.75 bits per heavy atom. The number of nitrogens with zero attached hydrogens (tertiary/aromatic N) is 2. The van der Waals surface area contributed by atoms with Crippen LogP contribution in [0.5, 0.6) is 0 Å². The standard InChI is InChI=1S/C18H15ClFN3O/c19-15-5-2-6-16(20)17(15)18(24)22-10-13-3-1-4-14(9-13)11-23-8-7-21-12-23/h1-9,12H,10-11H2,(H,22,24). The Labute approximate surface area is 143 Å². The third-order valence-corrected chi connectivity index (χ3v) is 3.87. The number of carbonyl (C=O) groups is 1. The fourth-order valence-electron chi connectivity index (χ4n) is 2.41. The Bertz CT molecular complexity index is 829. The molecule has 0 unspecified atom stereocenters. The predicted molar refractivity (Wildman–Crippen MR) is 90.4 cm³/mol. The molecule has 3 rings (SSSR count). The highest BCUT2D eigenvalue weighted by atomic mass is 35.5. The number of aromatic nitrogens is 2. The maximum atomic E-state index is 13.7. The minimum absolute atomic E-state index is 0.0985. The van der Waals surface area contributed by atoms with Crippen LogP contribution in [0.3, 0.4) is 0 Å². The summed E-state index contributed by atoms with van der Waals surface area (Å²) in [5, 5.41) is 2.80. The van der Waals surface area contributed by atoms with Crippen LogP contribution < -0.4 is 5.32 Å². The molecule has 3 aromatic rings. The van der Waals surface area contributed by atoms with E-state index < -0.39 is 11.7 Å². The maximum Gasteiger partial charge on any atom is 0.256 e. The average Bonchev–Trinajstić information content (AvgIpc) is 3.06.